The third kappa shape index (κ3) is 10.9. The summed E-state index contributed by atoms with van der Waals surface area (Å²) < 4.78 is 5.33. The van der Waals surface area contributed by atoms with E-state index in [9.17, 15) is 28.8 Å². The number of carbonyl (C=O) groups is 6. The molecule has 0 radical (unpaired) electrons. The molecular formula is C38H60N6O7. The van der Waals surface area contributed by atoms with E-state index < -0.39 is 53.7 Å². The van der Waals surface area contributed by atoms with Gasteiger partial charge in [-0.2, -0.15) is 0 Å². The van der Waals surface area contributed by atoms with Gasteiger partial charge >= 0.3 is 6.09 Å². The smallest absolute Gasteiger partial charge is 0.408 e. The molecule has 3 rings (SSSR count). The van der Waals surface area contributed by atoms with E-state index in [0.29, 0.717) is 38.8 Å². The van der Waals surface area contributed by atoms with Crippen molar-refractivity contribution in [2.45, 2.75) is 130 Å². The number of ether oxygens (including phenoxy) is 1. The van der Waals surface area contributed by atoms with Gasteiger partial charge in [-0.25, -0.2) is 4.79 Å². The maximum atomic E-state index is 14.3. The molecule has 0 bridgehead atoms. The van der Waals surface area contributed by atoms with Crippen LogP contribution in [0.1, 0.15) is 93.6 Å². The average molecular weight is 713 g/mol. The van der Waals surface area contributed by atoms with Crippen LogP contribution in [0.15, 0.2) is 30.3 Å². The molecule has 2 aliphatic heterocycles. The van der Waals surface area contributed by atoms with Crippen molar-refractivity contribution in [3.05, 3.63) is 35.9 Å². The molecule has 1 aromatic rings. The third-order valence-electron chi connectivity index (χ3n) is 9.47. The molecule has 13 nitrogen and oxygen atoms in total. The van der Waals surface area contributed by atoms with E-state index in [2.05, 4.69) is 16.0 Å². The Morgan fingerprint density at radius 1 is 0.804 bits per heavy atom. The Kier molecular flexibility index (Phi) is 14.4. The number of likely N-dealkylation sites (tertiary alicyclic amines) is 2. The number of hydrogen-bond acceptors (Lipinski definition) is 7. The van der Waals surface area contributed by atoms with Crippen LogP contribution in [0.25, 0.3) is 0 Å². The van der Waals surface area contributed by atoms with Crippen molar-refractivity contribution in [1.82, 2.24) is 30.7 Å². The molecule has 51 heavy (non-hydrogen) atoms. The molecule has 5 atom stereocenters. The van der Waals surface area contributed by atoms with Crippen LogP contribution in [0.4, 0.5) is 4.79 Å². The number of hydrogen-bond donors (Lipinski definition) is 3. The molecule has 0 unspecified atom stereocenters. The maximum Gasteiger partial charge on any atom is 0.408 e. The molecule has 0 aliphatic carbocycles. The summed E-state index contributed by atoms with van der Waals surface area (Å²) in [7, 11) is 1.55. The predicted molar refractivity (Wildman–Crippen MR) is 194 cm³/mol. The zero-order chi connectivity index (χ0) is 38.2. The summed E-state index contributed by atoms with van der Waals surface area (Å²) in [6.07, 6.45) is 1.60. The molecule has 0 saturated carbocycles. The van der Waals surface area contributed by atoms with Gasteiger partial charge in [0.1, 0.15) is 36.8 Å². The molecule has 2 aliphatic rings. The number of nitrogens with one attached hydrogen (secondary N) is 3. The van der Waals surface area contributed by atoms with Crippen molar-refractivity contribution in [2.24, 2.45) is 17.8 Å². The maximum absolute atomic E-state index is 14.3. The second-order valence-electron chi connectivity index (χ2n) is 15.9. The number of carbonyl (C=O) groups excluding carboxylic acids is 6. The topological polar surface area (TPSA) is 157 Å². The number of nitrogens with zero attached hydrogens (tertiary/aromatic N) is 3. The van der Waals surface area contributed by atoms with Crippen LogP contribution in [0, 0.1) is 17.8 Å². The summed E-state index contributed by atoms with van der Waals surface area (Å²) >= 11 is 0. The second-order valence-corrected chi connectivity index (χ2v) is 15.9. The van der Waals surface area contributed by atoms with Crippen LogP contribution in [-0.2, 0) is 35.3 Å². The van der Waals surface area contributed by atoms with E-state index in [1.54, 1.807) is 44.5 Å². The fourth-order valence-electron chi connectivity index (χ4n) is 6.84. The summed E-state index contributed by atoms with van der Waals surface area (Å²) in [6, 6.07) is 4.97. The molecule has 0 spiro atoms. The highest BCUT2D eigenvalue weighted by Crippen LogP contribution is 2.28. The zero-order valence-corrected chi connectivity index (χ0v) is 32.2. The fourth-order valence-corrected chi connectivity index (χ4v) is 6.84. The van der Waals surface area contributed by atoms with E-state index in [-0.39, 0.29) is 42.1 Å². The Morgan fingerprint density at radius 2 is 1.37 bits per heavy atom. The molecule has 2 fully saturated rings. The first-order valence-corrected chi connectivity index (χ1v) is 18.3. The van der Waals surface area contributed by atoms with Crippen molar-refractivity contribution >= 4 is 35.6 Å². The molecule has 6 amide bonds. The number of amides is 6. The molecule has 0 aromatic heterocycles. The first-order valence-electron chi connectivity index (χ1n) is 18.3. The first-order chi connectivity index (χ1) is 23.8. The van der Waals surface area contributed by atoms with Gasteiger partial charge in [-0.15, -0.1) is 0 Å². The molecule has 2 heterocycles. The quantitative estimate of drug-likeness (QED) is 0.283. The van der Waals surface area contributed by atoms with Gasteiger partial charge in [-0.3, -0.25) is 24.0 Å². The zero-order valence-electron chi connectivity index (χ0n) is 32.2. The average Bonchev–Trinajstić information content (AvgIpc) is 3.74. The van der Waals surface area contributed by atoms with Gasteiger partial charge in [-0.05, 0) is 69.8 Å². The van der Waals surface area contributed by atoms with E-state index in [0.717, 1.165) is 5.56 Å². The van der Waals surface area contributed by atoms with E-state index >= 15 is 0 Å². The summed E-state index contributed by atoms with van der Waals surface area (Å²) in [6.45, 7) is 17.4. The Bertz CT molecular complexity index is 1390. The number of benzene rings is 1. The van der Waals surface area contributed by atoms with Gasteiger partial charge in [0.25, 0.3) is 0 Å². The van der Waals surface area contributed by atoms with E-state index in [4.69, 9.17) is 4.74 Å². The van der Waals surface area contributed by atoms with Gasteiger partial charge < -0.3 is 35.4 Å². The Balaban J connectivity index is 1.73. The van der Waals surface area contributed by atoms with Crippen molar-refractivity contribution in [1.29, 1.82) is 0 Å². The van der Waals surface area contributed by atoms with E-state index in [1.807, 2.05) is 65.0 Å². The predicted octanol–water partition coefficient (Wildman–Crippen LogP) is 3.46. The molecule has 1 aromatic carbocycles. The Morgan fingerprint density at radius 3 is 1.92 bits per heavy atom. The highest BCUT2D eigenvalue weighted by Gasteiger charge is 2.46. The normalized spacial score (nSPS) is 19.5. The van der Waals surface area contributed by atoms with Crippen LogP contribution >= 0.6 is 0 Å². The fraction of sp³-hybridized carbons (Fsp3) is 0.684. The van der Waals surface area contributed by atoms with Crippen molar-refractivity contribution in [3.8, 4) is 0 Å². The lowest BCUT2D eigenvalue weighted by molar-refractivity contribution is -0.153. The first kappa shape index (κ1) is 41.3. The second kappa shape index (κ2) is 17.9. The van der Waals surface area contributed by atoms with Crippen LogP contribution in [-0.4, -0.2) is 106 Å². The van der Waals surface area contributed by atoms with Crippen LogP contribution in [0.3, 0.4) is 0 Å². The molecular weight excluding hydrogens is 652 g/mol. The SMILES string of the molecule is CC(C)[C@H](NC(=O)OCc1ccccc1)C(=O)N[C@H](C(=O)N(C)[C@H](C(=O)N1CCC[C@H]1C(=O)N1CCC[C@H]1C(=O)NC(C)(C)C)C(C)C)C(C)C. The number of alkyl carbamates (subject to hydrolysis) is 1. The summed E-state index contributed by atoms with van der Waals surface area (Å²) in [4.78, 5) is 86.2. The monoisotopic (exact) mass is 712 g/mol. The minimum Gasteiger partial charge on any atom is -0.445 e. The van der Waals surface area contributed by atoms with Gasteiger partial charge in [0.15, 0.2) is 0 Å². The lowest BCUT2D eigenvalue weighted by Gasteiger charge is -2.38. The third-order valence-corrected chi connectivity index (χ3v) is 9.47. The van der Waals surface area contributed by atoms with Crippen LogP contribution in [0.5, 0.6) is 0 Å². The lowest BCUT2D eigenvalue weighted by atomic mass is 9.96. The lowest BCUT2D eigenvalue weighted by Crippen LogP contribution is -2.61. The molecule has 284 valence electrons. The van der Waals surface area contributed by atoms with Crippen molar-refractivity contribution in [2.75, 3.05) is 20.1 Å². The highest BCUT2D eigenvalue weighted by molar-refractivity contribution is 5.97. The standard InChI is InChI=1S/C38H60N6O7/c1-23(2)29(40-37(50)51-22-26-16-12-11-13-17-26)33(46)39-30(24(3)4)35(48)42(10)31(25(5)6)36(49)44-21-15-19-28(44)34(47)43-20-14-18-27(43)32(45)41-38(7,8)9/h11-13,16-17,23-25,27-31H,14-15,18-22H2,1-10H3,(H,39,46)(H,40,50)(H,41,45)/t27-,28-,29-,30-,31-/m0/s1. The van der Waals surface area contributed by atoms with E-state index in [1.165, 1.54) is 4.90 Å². The summed E-state index contributed by atoms with van der Waals surface area (Å²) in [5.41, 5.74) is 0.355. The number of rotatable bonds is 13. The highest BCUT2D eigenvalue weighted by atomic mass is 16.5. The molecule has 2 saturated heterocycles. The van der Waals surface area contributed by atoms with Gasteiger partial charge in [0, 0.05) is 25.7 Å². The molecule has 3 N–H and O–H groups in total. The molecule has 13 heteroatoms. The van der Waals surface area contributed by atoms with Crippen molar-refractivity contribution in [3.63, 3.8) is 0 Å². The van der Waals surface area contributed by atoms with Gasteiger partial charge in [0.05, 0.1) is 0 Å². The van der Waals surface area contributed by atoms with Gasteiger partial charge in [0.2, 0.25) is 29.5 Å². The Labute approximate surface area is 303 Å². The Hall–Kier alpha value is -4.16. The van der Waals surface area contributed by atoms with Crippen LogP contribution in [0.2, 0.25) is 0 Å². The van der Waals surface area contributed by atoms with Crippen LogP contribution < -0.4 is 16.0 Å². The van der Waals surface area contributed by atoms with Gasteiger partial charge in [-0.1, -0.05) is 71.9 Å². The summed E-state index contributed by atoms with van der Waals surface area (Å²) in [5, 5.41) is 8.45. The minimum absolute atomic E-state index is 0.0379. The minimum atomic E-state index is -0.998. The summed E-state index contributed by atoms with van der Waals surface area (Å²) in [5.74, 6) is -2.77. The van der Waals surface area contributed by atoms with Crippen molar-refractivity contribution < 1.29 is 33.5 Å². The largest absolute Gasteiger partial charge is 0.445 e. The number of likely N-dealkylation sites (N-methyl/N-ethyl adjacent to an activating group) is 1.